The molecule has 94 valence electrons. The minimum Gasteiger partial charge on any atom is -0.496 e. The summed E-state index contributed by atoms with van der Waals surface area (Å²) in [6.45, 7) is 2.66. The van der Waals surface area contributed by atoms with E-state index in [4.69, 9.17) is 10.5 Å². The molecule has 0 saturated heterocycles. The molecular formula is C16H19NO. The van der Waals surface area contributed by atoms with E-state index in [1.807, 2.05) is 6.07 Å². The van der Waals surface area contributed by atoms with E-state index in [1.54, 1.807) is 7.11 Å². The number of methoxy groups -OCH3 is 1. The molecule has 0 amide bonds. The topological polar surface area (TPSA) is 35.2 Å². The molecule has 0 bridgehead atoms. The summed E-state index contributed by atoms with van der Waals surface area (Å²) in [7, 11) is 1.67. The van der Waals surface area contributed by atoms with Crippen molar-refractivity contribution >= 4 is 0 Å². The quantitative estimate of drug-likeness (QED) is 0.890. The van der Waals surface area contributed by atoms with Crippen LogP contribution in [0.25, 0.3) is 11.1 Å². The molecular weight excluding hydrogens is 222 g/mol. The molecule has 18 heavy (non-hydrogen) atoms. The van der Waals surface area contributed by atoms with Crippen LogP contribution in [0.1, 0.15) is 18.1 Å². The fraction of sp³-hybridized carbons (Fsp3) is 0.250. The fourth-order valence-corrected chi connectivity index (χ4v) is 2.09. The van der Waals surface area contributed by atoms with Crippen molar-refractivity contribution in [3.8, 4) is 16.9 Å². The van der Waals surface area contributed by atoms with Gasteiger partial charge in [0.15, 0.2) is 0 Å². The summed E-state index contributed by atoms with van der Waals surface area (Å²) in [6, 6.07) is 14.8. The van der Waals surface area contributed by atoms with Crippen LogP contribution in [0.4, 0.5) is 0 Å². The number of rotatable bonds is 4. The smallest absolute Gasteiger partial charge is 0.123 e. The molecule has 0 heterocycles. The first kappa shape index (κ1) is 12.7. The average molecular weight is 241 g/mol. The molecule has 0 aliphatic carbocycles. The predicted molar refractivity (Wildman–Crippen MR) is 75.7 cm³/mol. The summed E-state index contributed by atoms with van der Waals surface area (Å²) in [5, 5.41) is 0. The summed E-state index contributed by atoms with van der Waals surface area (Å²) in [4.78, 5) is 0. The molecule has 0 fully saturated rings. The van der Waals surface area contributed by atoms with E-state index in [-0.39, 0.29) is 0 Å². The number of ether oxygens (including phenoxy) is 1. The van der Waals surface area contributed by atoms with E-state index < -0.39 is 0 Å². The van der Waals surface area contributed by atoms with Crippen molar-refractivity contribution in [2.75, 3.05) is 7.11 Å². The van der Waals surface area contributed by atoms with Crippen molar-refractivity contribution in [1.82, 2.24) is 0 Å². The highest BCUT2D eigenvalue weighted by molar-refractivity contribution is 5.66. The molecule has 2 N–H and O–H groups in total. The maximum absolute atomic E-state index is 5.75. The third kappa shape index (κ3) is 2.54. The van der Waals surface area contributed by atoms with Crippen LogP contribution in [0.2, 0.25) is 0 Å². The maximum Gasteiger partial charge on any atom is 0.123 e. The van der Waals surface area contributed by atoms with Gasteiger partial charge in [0.05, 0.1) is 7.11 Å². The molecule has 0 spiro atoms. The second kappa shape index (κ2) is 5.69. The Kier molecular flexibility index (Phi) is 4.00. The van der Waals surface area contributed by atoms with Crippen LogP contribution < -0.4 is 10.5 Å². The predicted octanol–water partition coefficient (Wildman–Crippen LogP) is 3.38. The molecule has 0 unspecified atom stereocenters. The Balaban J connectivity index is 2.43. The van der Waals surface area contributed by atoms with Crippen LogP contribution in [0.5, 0.6) is 5.75 Å². The van der Waals surface area contributed by atoms with Gasteiger partial charge in [0.25, 0.3) is 0 Å². The van der Waals surface area contributed by atoms with Crippen molar-refractivity contribution in [1.29, 1.82) is 0 Å². The van der Waals surface area contributed by atoms with E-state index in [1.165, 1.54) is 16.7 Å². The molecule has 2 aromatic carbocycles. The number of hydrogen-bond donors (Lipinski definition) is 1. The highest BCUT2D eigenvalue weighted by Gasteiger charge is 2.04. The lowest BCUT2D eigenvalue weighted by molar-refractivity contribution is 0.410. The standard InChI is InChI=1S/C16H19NO/c1-3-12-5-4-6-13(9-12)14-7-8-16(18-2)15(10-14)11-17/h4-10H,3,11,17H2,1-2H3. The average Bonchev–Trinajstić information content (AvgIpc) is 2.46. The van der Waals surface area contributed by atoms with E-state index in [0.717, 1.165) is 17.7 Å². The van der Waals surface area contributed by atoms with Gasteiger partial charge in [-0.25, -0.2) is 0 Å². The number of benzene rings is 2. The van der Waals surface area contributed by atoms with Gasteiger partial charge in [-0.05, 0) is 35.2 Å². The van der Waals surface area contributed by atoms with E-state index in [9.17, 15) is 0 Å². The molecule has 2 heteroatoms. The lowest BCUT2D eigenvalue weighted by Crippen LogP contribution is -2.00. The molecule has 0 aliphatic heterocycles. The molecule has 0 saturated carbocycles. The Morgan fingerprint density at radius 3 is 2.50 bits per heavy atom. The Labute approximate surface area is 108 Å². The number of nitrogens with two attached hydrogens (primary N) is 1. The van der Waals surface area contributed by atoms with Gasteiger partial charge in [0, 0.05) is 12.1 Å². The third-order valence-corrected chi connectivity index (χ3v) is 3.17. The number of aryl methyl sites for hydroxylation is 1. The van der Waals surface area contributed by atoms with Gasteiger partial charge in [0.1, 0.15) is 5.75 Å². The Bertz CT molecular complexity index is 534. The Morgan fingerprint density at radius 1 is 1.06 bits per heavy atom. The summed E-state index contributed by atoms with van der Waals surface area (Å²) >= 11 is 0. The molecule has 2 aromatic rings. The van der Waals surface area contributed by atoms with Gasteiger partial charge in [-0.15, -0.1) is 0 Å². The zero-order chi connectivity index (χ0) is 13.0. The highest BCUT2D eigenvalue weighted by Crippen LogP contribution is 2.27. The summed E-state index contributed by atoms with van der Waals surface area (Å²) in [5.74, 6) is 0.855. The minimum atomic E-state index is 0.491. The molecule has 2 rings (SSSR count). The second-order valence-corrected chi connectivity index (χ2v) is 4.28. The first-order valence-corrected chi connectivity index (χ1v) is 6.24. The third-order valence-electron chi connectivity index (χ3n) is 3.17. The highest BCUT2D eigenvalue weighted by atomic mass is 16.5. The van der Waals surface area contributed by atoms with Gasteiger partial charge in [-0.1, -0.05) is 37.3 Å². The monoisotopic (exact) mass is 241 g/mol. The molecule has 0 aromatic heterocycles. The van der Waals surface area contributed by atoms with Crippen LogP contribution in [0.3, 0.4) is 0 Å². The first-order valence-electron chi connectivity index (χ1n) is 6.24. The fourth-order valence-electron chi connectivity index (χ4n) is 2.09. The zero-order valence-corrected chi connectivity index (χ0v) is 10.9. The van der Waals surface area contributed by atoms with Crippen LogP contribution >= 0.6 is 0 Å². The Morgan fingerprint density at radius 2 is 1.83 bits per heavy atom. The van der Waals surface area contributed by atoms with Gasteiger partial charge < -0.3 is 10.5 Å². The molecule has 2 nitrogen and oxygen atoms in total. The van der Waals surface area contributed by atoms with E-state index in [2.05, 4.69) is 43.3 Å². The van der Waals surface area contributed by atoms with Gasteiger partial charge in [-0.2, -0.15) is 0 Å². The van der Waals surface area contributed by atoms with Crippen LogP contribution in [-0.2, 0) is 13.0 Å². The summed E-state index contributed by atoms with van der Waals surface area (Å²) in [6.07, 6.45) is 1.05. The second-order valence-electron chi connectivity index (χ2n) is 4.28. The summed E-state index contributed by atoms with van der Waals surface area (Å²) < 4.78 is 5.29. The molecule has 0 radical (unpaired) electrons. The Hall–Kier alpha value is -1.80. The molecule has 0 atom stereocenters. The van der Waals surface area contributed by atoms with Crippen molar-refractivity contribution < 1.29 is 4.74 Å². The van der Waals surface area contributed by atoms with Crippen molar-refractivity contribution in [2.45, 2.75) is 19.9 Å². The van der Waals surface area contributed by atoms with Gasteiger partial charge in [0.2, 0.25) is 0 Å². The van der Waals surface area contributed by atoms with Crippen molar-refractivity contribution in [3.63, 3.8) is 0 Å². The van der Waals surface area contributed by atoms with E-state index >= 15 is 0 Å². The van der Waals surface area contributed by atoms with Crippen molar-refractivity contribution in [3.05, 3.63) is 53.6 Å². The normalized spacial score (nSPS) is 10.4. The minimum absolute atomic E-state index is 0.491. The molecule has 0 aliphatic rings. The lowest BCUT2D eigenvalue weighted by atomic mass is 10.00. The lowest BCUT2D eigenvalue weighted by Gasteiger charge is -2.10. The van der Waals surface area contributed by atoms with Crippen LogP contribution in [0, 0.1) is 0 Å². The largest absolute Gasteiger partial charge is 0.496 e. The number of hydrogen-bond acceptors (Lipinski definition) is 2. The van der Waals surface area contributed by atoms with Gasteiger partial charge in [-0.3, -0.25) is 0 Å². The maximum atomic E-state index is 5.75. The van der Waals surface area contributed by atoms with E-state index in [0.29, 0.717) is 6.54 Å². The van der Waals surface area contributed by atoms with Crippen LogP contribution in [0.15, 0.2) is 42.5 Å². The SMILES string of the molecule is CCc1cccc(-c2ccc(OC)c(CN)c2)c1. The first-order chi connectivity index (χ1) is 8.78. The zero-order valence-electron chi connectivity index (χ0n) is 10.9. The summed E-state index contributed by atoms with van der Waals surface area (Å²) in [5.41, 5.74) is 10.5. The van der Waals surface area contributed by atoms with Crippen LogP contribution in [-0.4, -0.2) is 7.11 Å². The van der Waals surface area contributed by atoms with Gasteiger partial charge >= 0.3 is 0 Å². The van der Waals surface area contributed by atoms with Crippen molar-refractivity contribution in [2.24, 2.45) is 5.73 Å².